The second-order valence-electron chi connectivity index (χ2n) is 6.02. The maximum Gasteiger partial charge on any atom is 0.343 e. The van der Waals surface area contributed by atoms with Gasteiger partial charge in [0, 0.05) is 0 Å². The van der Waals surface area contributed by atoms with Gasteiger partial charge in [0.25, 0.3) is 0 Å². The lowest BCUT2D eigenvalue weighted by Crippen LogP contribution is -2.08. The van der Waals surface area contributed by atoms with Crippen molar-refractivity contribution in [3.05, 3.63) is 83.2 Å². The Labute approximate surface area is 155 Å². The molecular formula is C21H17FN2O3. The minimum atomic E-state index is -0.574. The Morgan fingerprint density at radius 1 is 0.926 bits per heavy atom. The van der Waals surface area contributed by atoms with Crippen LogP contribution < -0.4 is 4.74 Å². The van der Waals surface area contributed by atoms with E-state index in [1.54, 1.807) is 50.2 Å². The molecule has 0 aliphatic heterocycles. The van der Waals surface area contributed by atoms with E-state index in [0.29, 0.717) is 28.1 Å². The molecule has 0 aliphatic carbocycles. The number of aryl methyl sites for hydroxylation is 2. The Kier molecular flexibility index (Phi) is 5.26. The van der Waals surface area contributed by atoms with E-state index in [9.17, 15) is 14.3 Å². The standard InChI is InChI=1S/C21H17FN2O3/c1-13-10-18(11-14(2)20(13)25)24-23-17-5-3-4-15(12-17)21(26)27-19-8-6-16(22)7-9-19/h3-12,25H,1-2H3. The lowest BCUT2D eigenvalue weighted by molar-refractivity contribution is 0.0734. The molecule has 0 spiro atoms. The third-order valence-electron chi connectivity index (χ3n) is 3.86. The van der Waals surface area contributed by atoms with Crippen LogP contribution in [0, 0.1) is 19.7 Å². The highest BCUT2D eigenvalue weighted by Crippen LogP contribution is 2.28. The zero-order valence-corrected chi connectivity index (χ0v) is 14.8. The topological polar surface area (TPSA) is 71.2 Å². The van der Waals surface area contributed by atoms with Crippen LogP contribution in [0.4, 0.5) is 15.8 Å². The van der Waals surface area contributed by atoms with E-state index >= 15 is 0 Å². The number of hydrogen-bond donors (Lipinski definition) is 1. The molecule has 0 unspecified atom stereocenters. The van der Waals surface area contributed by atoms with E-state index in [1.807, 2.05) is 0 Å². The Hall–Kier alpha value is -3.54. The van der Waals surface area contributed by atoms with Gasteiger partial charge in [-0.25, -0.2) is 9.18 Å². The van der Waals surface area contributed by atoms with Crippen molar-refractivity contribution in [2.45, 2.75) is 13.8 Å². The maximum absolute atomic E-state index is 12.9. The molecule has 1 N–H and O–H groups in total. The summed E-state index contributed by atoms with van der Waals surface area (Å²) in [7, 11) is 0. The molecule has 3 aromatic rings. The summed E-state index contributed by atoms with van der Waals surface area (Å²) in [6, 6.07) is 15.2. The highest BCUT2D eigenvalue weighted by Gasteiger charge is 2.09. The number of hydrogen-bond acceptors (Lipinski definition) is 5. The largest absolute Gasteiger partial charge is 0.507 e. The van der Waals surface area contributed by atoms with Gasteiger partial charge in [-0.1, -0.05) is 6.07 Å². The fraction of sp³-hybridized carbons (Fsp3) is 0.0952. The van der Waals surface area contributed by atoms with Gasteiger partial charge >= 0.3 is 5.97 Å². The first-order chi connectivity index (χ1) is 12.9. The number of esters is 1. The van der Waals surface area contributed by atoms with Gasteiger partial charge in [0.2, 0.25) is 0 Å². The number of aromatic hydroxyl groups is 1. The highest BCUT2D eigenvalue weighted by molar-refractivity contribution is 5.91. The molecule has 0 saturated heterocycles. The summed E-state index contributed by atoms with van der Waals surface area (Å²) in [6.07, 6.45) is 0. The molecule has 0 radical (unpaired) electrons. The molecule has 0 bridgehead atoms. The first kappa shape index (κ1) is 18.3. The van der Waals surface area contributed by atoms with Crippen molar-refractivity contribution < 1.29 is 19.0 Å². The minimum absolute atomic E-state index is 0.236. The van der Waals surface area contributed by atoms with E-state index in [1.165, 1.54) is 24.3 Å². The highest BCUT2D eigenvalue weighted by atomic mass is 19.1. The monoisotopic (exact) mass is 364 g/mol. The van der Waals surface area contributed by atoms with Gasteiger partial charge in [0.15, 0.2) is 0 Å². The summed E-state index contributed by atoms with van der Waals surface area (Å²) < 4.78 is 18.1. The summed E-state index contributed by atoms with van der Waals surface area (Å²) in [5, 5.41) is 18.1. The number of phenols is 1. The van der Waals surface area contributed by atoms with Crippen LogP contribution in [0.25, 0.3) is 0 Å². The van der Waals surface area contributed by atoms with Gasteiger partial charge in [-0.3, -0.25) is 0 Å². The Balaban J connectivity index is 1.77. The fourth-order valence-electron chi connectivity index (χ4n) is 2.47. The number of carbonyl (C=O) groups excluding carboxylic acids is 1. The molecule has 0 aromatic heterocycles. The van der Waals surface area contributed by atoms with Crippen LogP contribution in [0.2, 0.25) is 0 Å². The Morgan fingerprint density at radius 2 is 1.56 bits per heavy atom. The predicted octanol–water partition coefficient (Wildman–Crippen LogP) is 5.78. The van der Waals surface area contributed by atoms with Gasteiger partial charge in [0.05, 0.1) is 16.9 Å². The Morgan fingerprint density at radius 3 is 2.22 bits per heavy atom. The number of carbonyl (C=O) groups is 1. The second kappa shape index (κ2) is 7.78. The molecule has 136 valence electrons. The van der Waals surface area contributed by atoms with Gasteiger partial charge < -0.3 is 9.84 Å². The van der Waals surface area contributed by atoms with E-state index in [0.717, 1.165) is 0 Å². The first-order valence-electron chi connectivity index (χ1n) is 8.22. The third kappa shape index (κ3) is 4.55. The number of halogens is 1. The summed E-state index contributed by atoms with van der Waals surface area (Å²) in [5.41, 5.74) is 2.80. The number of nitrogens with zero attached hydrogens (tertiary/aromatic N) is 2. The van der Waals surface area contributed by atoms with Crippen LogP contribution in [0.5, 0.6) is 11.5 Å². The quantitative estimate of drug-likeness (QED) is 0.362. The van der Waals surface area contributed by atoms with Crippen molar-refractivity contribution in [2.24, 2.45) is 10.2 Å². The Bertz CT molecular complexity index is 991. The zero-order valence-electron chi connectivity index (χ0n) is 14.8. The average molecular weight is 364 g/mol. The molecule has 6 heteroatoms. The molecule has 0 amide bonds. The zero-order chi connectivity index (χ0) is 19.4. The van der Waals surface area contributed by atoms with Gasteiger partial charge in [-0.05, 0) is 79.6 Å². The number of azo groups is 1. The lowest BCUT2D eigenvalue weighted by atomic mass is 10.1. The summed E-state index contributed by atoms with van der Waals surface area (Å²) in [6.45, 7) is 3.57. The molecule has 0 heterocycles. The van der Waals surface area contributed by atoms with Crippen LogP contribution in [0.15, 0.2) is 70.9 Å². The second-order valence-corrected chi connectivity index (χ2v) is 6.02. The molecule has 3 rings (SSSR count). The number of benzene rings is 3. The molecule has 0 fully saturated rings. The fourth-order valence-corrected chi connectivity index (χ4v) is 2.47. The average Bonchev–Trinajstić information content (AvgIpc) is 2.66. The van der Waals surface area contributed by atoms with Gasteiger partial charge in [-0.2, -0.15) is 10.2 Å². The molecule has 3 aromatic carbocycles. The van der Waals surface area contributed by atoms with E-state index < -0.39 is 11.8 Å². The van der Waals surface area contributed by atoms with E-state index in [4.69, 9.17) is 4.74 Å². The van der Waals surface area contributed by atoms with Crippen molar-refractivity contribution in [2.75, 3.05) is 0 Å². The maximum atomic E-state index is 12.9. The number of phenolic OH excluding ortho intramolecular Hbond substituents is 1. The SMILES string of the molecule is Cc1cc(N=Nc2cccc(C(=O)Oc3ccc(F)cc3)c2)cc(C)c1O. The van der Waals surface area contributed by atoms with Crippen molar-refractivity contribution in [1.29, 1.82) is 0 Å². The van der Waals surface area contributed by atoms with Crippen LogP contribution >= 0.6 is 0 Å². The minimum Gasteiger partial charge on any atom is -0.507 e. The van der Waals surface area contributed by atoms with Crippen molar-refractivity contribution in [1.82, 2.24) is 0 Å². The number of rotatable bonds is 4. The molecule has 27 heavy (non-hydrogen) atoms. The lowest BCUT2D eigenvalue weighted by Gasteiger charge is -2.05. The van der Waals surface area contributed by atoms with E-state index in [2.05, 4.69) is 10.2 Å². The van der Waals surface area contributed by atoms with E-state index in [-0.39, 0.29) is 11.5 Å². The predicted molar refractivity (Wildman–Crippen MR) is 99.6 cm³/mol. The first-order valence-corrected chi connectivity index (χ1v) is 8.22. The van der Waals surface area contributed by atoms with Gasteiger partial charge in [0.1, 0.15) is 17.3 Å². The van der Waals surface area contributed by atoms with Crippen molar-refractivity contribution >= 4 is 17.3 Å². The third-order valence-corrected chi connectivity index (χ3v) is 3.86. The normalized spacial score (nSPS) is 10.9. The van der Waals surface area contributed by atoms with Crippen LogP contribution in [-0.2, 0) is 0 Å². The van der Waals surface area contributed by atoms with Gasteiger partial charge in [-0.15, -0.1) is 0 Å². The van der Waals surface area contributed by atoms with Crippen LogP contribution in [0.3, 0.4) is 0 Å². The molecular weight excluding hydrogens is 347 g/mol. The van der Waals surface area contributed by atoms with Crippen molar-refractivity contribution in [3.8, 4) is 11.5 Å². The summed E-state index contributed by atoms with van der Waals surface area (Å²) in [5.74, 6) is -0.491. The molecule has 0 saturated carbocycles. The van der Waals surface area contributed by atoms with Crippen LogP contribution in [0.1, 0.15) is 21.5 Å². The molecule has 5 nitrogen and oxygen atoms in total. The summed E-state index contributed by atoms with van der Waals surface area (Å²) in [4.78, 5) is 12.2. The smallest absolute Gasteiger partial charge is 0.343 e. The molecule has 0 aliphatic rings. The molecule has 0 atom stereocenters. The van der Waals surface area contributed by atoms with Crippen LogP contribution in [-0.4, -0.2) is 11.1 Å². The summed E-state index contributed by atoms with van der Waals surface area (Å²) >= 11 is 0. The van der Waals surface area contributed by atoms with Crippen molar-refractivity contribution in [3.63, 3.8) is 0 Å². The number of ether oxygens (including phenoxy) is 1.